The van der Waals surface area contributed by atoms with E-state index in [-0.39, 0.29) is 6.04 Å². The molecule has 0 amide bonds. The highest BCUT2D eigenvalue weighted by Gasteiger charge is 2.07. The highest BCUT2D eigenvalue weighted by molar-refractivity contribution is 5.31. The lowest BCUT2D eigenvalue weighted by Crippen LogP contribution is -2.25. The Morgan fingerprint density at radius 3 is 2.25 bits per heavy atom. The van der Waals surface area contributed by atoms with Crippen LogP contribution in [0.1, 0.15) is 22.3 Å². The minimum Gasteiger partial charge on any atom is -0.497 e. The summed E-state index contributed by atoms with van der Waals surface area (Å²) in [4.78, 5) is 0. The molecule has 0 aliphatic rings. The van der Waals surface area contributed by atoms with Gasteiger partial charge in [0.2, 0.25) is 0 Å². The third-order valence-electron chi connectivity index (χ3n) is 3.41. The second-order valence-corrected chi connectivity index (χ2v) is 5.52. The first kappa shape index (κ1) is 14.6. The first-order chi connectivity index (χ1) is 9.56. The summed E-state index contributed by atoms with van der Waals surface area (Å²) in [5.41, 5.74) is 11.4. The number of nitrogens with two attached hydrogens (primary N) is 1. The molecule has 0 fully saturated rings. The SMILES string of the molecule is COc1cccc(CC(N)Cc2cc(C)cc(C)c2)c1. The maximum absolute atomic E-state index is 6.29. The van der Waals surface area contributed by atoms with Crippen LogP contribution in [0.5, 0.6) is 5.75 Å². The van der Waals surface area contributed by atoms with Crippen molar-refractivity contribution >= 4 is 0 Å². The molecule has 0 aromatic heterocycles. The molecule has 0 saturated heterocycles. The average Bonchev–Trinajstić information content (AvgIpc) is 2.37. The predicted octanol–water partition coefficient (Wildman–Crippen LogP) is 3.42. The van der Waals surface area contributed by atoms with Gasteiger partial charge >= 0.3 is 0 Å². The number of rotatable bonds is 5. The van der Waals surface area contributed by atoms with Gasteiger partial charge in [-0.25, -0.2) is 0 Å². The maximum atomic E-state index is 6.29. The zero-order valence-corrected chi connectivity index (χ0v) is 12.5. The quantitative estimate of drug-likeness (QED) is 0.902. The van der Waals surface area contributed by atoms with Crippen LogP contribution >= 0.6 is 0 Å². The normalized spacial score (nSPS) is 12.2. The molecule has 1 unspecified atom stereocenters. The molecule has 2 N–H and O–H groups in total. The average molecular weight is 269 g/mol. The molecule has 0 radical (unpaired) electrons. The van der Waals surface area contributed by atoms with Crippen molar-refractivity contribution in [2.75, 3.05) is 7.11 Å². The largest absolute Gasteiger partial charge is 0.497 e. The molecule has 2 aromatic carbocycles. The molecule has 106 valence electrons. The van der Waals surface area contributed by atoms with Crippen LogP contribution in [0.25, 0.3) is 0 Å². The van der Waals surface area contributed by atoms with Gasteiger partial charge in [-0.3, -0.25) is 0 Å². The number of benzene rings is 2. The zero-order valence-electron chi connectivity index (χ0n) is 12.5. The van der Waals surface area contributed by atoms with Gasteiger partial charge < -0.3 is 10.5 Å². The first-order valence-corrected chi connectivity index (χ1v) is 7.02. The van der Waals surface area contributed by atoms with Gasteiger partial charge in [0.1, 0.15) is 5.75 Å². The van der Waals surface area contributed by atoms with Crippen molar-refractivity contribution in [1.29, 1.82) is 0 Å². The minimum absolute atomic E-state index is 0.128. The molecule has 0 aliphatic carbocycles. The molecule has 2 heteroatoms. The molecule has 0 heterocycles. The second-order valence-electron chi connectivity index (χ2n) is 5.52. The standard InChI is InChI=1S/C18H23NO/c1-13-7-14(2)9-16(8-13)11-17(19)10-15-5-4-6-18(12-15)20-3/h4-9,12,17H,10-11,19H2,1-3H3. The Morgan fingerprint density at radius 2 is 1.60 bits per heavy atom. The summed E-state index contributed by atoms with van der Waals surface area (Å²) < 4.78 is 5.25. The lowest BCUT2D eigenvalue weighted by atomic mass is 9.97. The Kier molecular flexibility index (Phi) is 4.80. The summed E-state index contributed by atoms with van der Waals surface area (Å²) in [7, 11) is 1.69. The lowest BCUT2D eigenvalue weighted by Gasteiger charge is -2.13. The second kappa shape index (κ2) is 6.58. The Bertz CT molecular complexity index is 557. The molecule has 1 atom stereocenters. The molecular weight excluding hydrogens is 246 g/mol. The maximum Gasteiger partial charge on any atom is 0.119 e. The van der Waals surface area contributed by atoms with Crippen LogP contribution < -0.4 is 10.5 Å². The van der Waals surface area contributed by atoms with Gasteiger partial charge in [-0.05, 0) is 49.9 Å². The van der Waals surface area contributed by atoms with Crippen LogP contribution in [0.3, 0.4) is 0 Å². The van der Waals surface area contributed by atoms with E-state index >= 15 is 0 Å². The van der Waals surface area contributed by atoms with Crippen molar-refractivity contribution < 1.29 is 4.74 Å². The minimum atomic E-state index is 0.128. The summed E-state index contributed by atoms with van der Waals surface area (Å²) in [6, 6.07) is 14.9. The van der Waals surface area contributed by atoms with E-state index in [1.165, 1.54) is 22.3 Å². The van der Waals surface area contributed by atoms with E-state index in [1.54, 1.807) is 7.11 Å². The third-order valence-corrected chi connectivity index (χ3v) is 3.41. The number of aryl methyl sites for hydroxylation is 2. The van der Waals surface area contributed by atoms with Crippen LogP contribution in [0.15, 0.2) is 42.5 Å². The Balaban J connectivity index is 2.02. The van der Waals surface area contributed by atoms with E-state index in [9.17, 15) is 0 Å². The highest BCUT2D eigenvalue weighted by Crippen LogP contribution is 2.16. The summed E-state index contributed by atoms with van der Waals surface area (Å²) in [5.74, 6) is 0.890. The number of hydrogen-bond donors (Lipinski definition) is 1. The van der Waals surface area contributed by atoms with Crippen LogP contribution in [0.4, 0.5) is 0 Å². The molecule has 0 aliphatic heterocycles. The first-order valence-electron chi connectivity index (χ1n) is 7.02. The fourth-order valence-electron chi connectivity index (χ4n) is 2.66. The van der Waals surface area contributed by atoms with Crippen molar-refractivity contribution in [3.8, 4) is 5.75 Å². The van der Waals surface area contributed by atoms with Gasteiger partial charge in [-0.2, -0.15) is 0 Å². The highest BCUT2D eigenvalue weighted by atomic mass is 16.5. The zero-order chi connectivity index (χ0) is 14.5. The molecular formula is C18H23NO. The number of hydrogen-bond acceptors (Lipinski definition) is 2. The molecule has 0 saturated carbocycles. The van der Waals surface area contributed by atoms with Crippen molar-refractivity contribution in [3.05, 3.63) is 64.7 Å². The van der Waals surface area contributed by atoms with E-state index in [2.05, 4.69) is 44.2 Å². The molecule has 2 nitrogen and oxygen atoms in total. The molecule has 2 aromatic rings. The van der Waals surface area contributed by atoms with Crippen molar-refractivity contribution in [1.82, 2.24) is 0 Å². The predicted molar refractivity (Wildman–Crippen MR) is 84.3 cm³/mol. The summed E-state index contributed by atoms with van der Waals surface area (Å²) in [6.45, 7) is 4.26. The van der Waals surface area contributed by atoms with E-state index in [0.717, 1.165) is 18.6 Å². The summed E-state index contributed by atoms with van der Waals surface area (Å²) >= 11 is 0. The van der Waals surface area contributed by atoms with Crippen molar-refractivity contribution in [2.45, 2.75) is 32.7 Å². The Hall–Kier alpha value is -1.80. The van der Waals surface area contributed by atoms with Gasteiger partial charge in [0, 0.05) is 6.04 Å². The van der Waals surface area contributed by atoms with Crippen LogP contribution in [-0.2, 0) is 12.8 Å². The molecule has 0 bridgehead atoms. The fourth-order valence-corrected chi connectivity index (χ4v) is 2.66. The Labute approximate surface area is 121 Å². The molecule has 0 spiro atoms. The fraction of sp³-hybridized carbons (Fsp3) is 0.333. The van der Waals surface area contributed by atoms with Gasteiger partial charge in [0.15, 0.2) is 0 Å². The monoisotopic (exact) mass is 269 g/mol. The van der Waals surface area contributed by atoms with Gasteiger partial charge in [-0.15, -0.1) is 0 Å². The topological polar surface area (TPSA) is 35.2 Å². The van der Waals surface area contributed by atoms with Gasteiger partial charge in [0.25, 0.3) is 0 Å². The summed E-state index contributed by atoms with van der Waals surface area (Å²) in [5, 5.41) is 0. The van der Waals surface area contributed by atoms with E-state index in [4.69, 9.17) is 10.5 Å². The van der Waals surface area contributed by atoms with Crippen LogP contribution in [0, 0.1) is 13.8 Å². The van der Waals surface area contributed by atoms with Gasteiger partial charge in [0.05, 0.1) is 7.11 Å². The van der Waals surface area contributed by atoms with E-state index < -0.39 is 0 Å². The van der Waals surface area contributed by atoms with Crippen molar-refractivity contribution in [3.63, 3.8) is 0 Å². The van der Waals surface area contributed by atoms with E-state index in [0.29, 0.717) is 0 Å². The van der Waals surface area contributed by atoms with Gasteiger partial charge in [-0.1, -0.05) is 41.5 Å². The molecule has 2 rings (SSSR count). The van der Waals surface area contributed by atoms with Crippen LogP contribution in [0.2, 0.25) is 0 Å². The number of methoxy groups -OCH3 is 1. The Morgan fingerprint density at radius 1 is 0.950 bits per heavy atom. The third kappa shape index (κ3) is 4.10. The van der Waals surface area contributed by atoms with Crippen molar-refractivity contribution in [2.24, 2.45) is 5.73 Å². The molecule has 20 heavy (non-hydrogen) atoms. The number of ether oxygens (including phenoxy) is 1. The summed E-state index contributed by atoms with van der Waals surface area (Å²) in [6.07, 6.45) is 1.77. The lowest BCUT2D eigenvalue weighted by molar-refractivity contribution is 0.414. The van der Waals surface area contributed by atoms with E-state index in [1.807, 2.05) is 12.1 Å². The smallest absolute Gasteiger partial charge is 0.119 e. The van der Waals surface area contributed by atoms with Crippen LogP contribution in [-0.4, -0.2) is 13.2 Å².